The molecule has 1 aromatic rings. The van der Waals surface area contributed by atoms with Crippen molar-refractivity contribution < 1.29 is 14.6 Å². The molecule has 0 unspecified atom stereocenters. The lowest BCUT2D eigenvalue weighted by atomic mass is 10.1. The van der Waals surface area contributed by atoms with Crippen molar-refractivity contribution >= 4 is 11.8 Å². The maximum absolute atomic E-state index is 11.6. The fourth-order valence-corrected chi connectivity index (χ4v) is 2.30. The molecule has 1 aliphatic rings. The predicted molar refractivity (Wildman–Crippen MR) is 73.2 cm³/mol. The summed E-state index contributed by atoms with van der Waals surface area (Å²) < 4.78 is 5.00. The van der Waals surface area contributed by atoms with E-state index >= 15 is 0 Å². The standard InChI is InChI=1S/C14H20N2O3/c1-2-19-14(18)16-9-7-15(8-10-16)13-6-4-3-5-12(13)11-17/h3-6,17H,2,7-11H2,1H3. The van der Waals surface area contributed by atoms with Crippen molar-refractivity contribution in [2.75, 3.05) is 37.7 Å². The second-order valence-electron chi connectivity index (χ2n) is 4.46. The third kappa shape index (κ3) is 3.17. The molecule has 0 aliphatic carbocycles. The van der Waals surface area contributed by atoms with Gasteiger partial charge in [-0.25, -0.2) is 4.79 Å². The van der Waals surface area contributed by atoms with Crippen LogP contribution < -0.4 is 4.90 Å². The SMILES string of the molecule is CCOC(=O)N1CCN(c2ccccc2CO)CC1. The van der Waals surface area contributed by atoms with Crippen LogP contribution >= 0.6 is 0 Å². The van der Waals surface area contributed by atoms with Crippen LogP contribution in [-0.4, -0.2) is 48.9 Å². The first-order valence-corrected chi connectivity index (χ1v) is 6.61. The van der Waals surface area contributed by atoms with Gasteiger partial charge in [-0.15, -0.1) is 0 Å². The minimum Gasteiger partial charge on any atom is -0.450 e. The van der Waals surface area contributed by atoms with Gasteiger partial charge < -0.3 is 19.6 Å². The van der Waals surface area contributed by atoms with Gasteiger partial charge in [0.05, 0.1) is 13.2 Å². The van der Waals surface area contributed by atoms with Gasteiger partial charge in [-0.3, -0.25) is 0 Å². The van der Waals surface area contributed by atoms with Crippen LogP contribution in [0.15, 0.2) is 24.3 Å². The maximum atomic E-state index is 11.6. The molecule has 1 saturated heterocycles. The van der Waals surface area contributed by atoms with Gasteiger partial charge in [0.1, 0.15) is 0 Å². The van der Waals surface area contributed by atoms with Gasteiger partial charge in [-0.2, -0.15) is 0 Å². The predicted octanol–water partition coefficient (Wildman–Crippen LogP) is 1.46. The Morgan fingerprint density at radius 1 is 1.26 bits per heavy atom. The van der Waals surface area contributed by atoms with Crippen LogP contribution in [0.25, 0.3) is 0 Å². The molecule has 1 aliphatic heterocycles. The van der Waals surface area contributed by atoms with E-state index in [-0.39, 0.29) is 12.7 Å². The summed E-state index contributed by atoms with van der Waals surface area (Å²) in [6.45, 7) is 5.08. The summed E-state index contributed by atoms with van der Waals surface area (Å²) in [4.78, 5) is 15.5. The molecule has 104 valence electrons. The van der Waals surface area contributed by atoms with Crippen molar-refractivity contribution in [1.29, 1.82) is 0 Å². The number of benzene rings is 1. The second-order valence-corrected chi connectivity index (χ2v) is 4.46. The zero-order chi connectivity index (χ0) is 13.7. The molecule has 19 heavy (non-hydrogen) atoms. The molecule has 1 heterocycles. The Bertz CT molecular complexity index is 428. The zero-order valence-electron chi connectivity index (χ0n) is 11.2. The molecule has 0 radical (unpaired) electrons. The molecular formula is C14H20N2O3. The van der Waals surface area contributed by atoms with Crippen LogP contribution in [0.5, 0.6) is 0 Å². The number of aliphatic hydroxyl groups is 1. The van der Waals surface area contributed by atoms with Crippen LogP contribution in [0.3, 0.4) is 0 Å². The molecule has 0 saturated carbocycles. The number of amides is 1. The number of carbonyl (C=O) groups excluding carboxylic acids is 1. The van der Waals surface area contributed by atoms with E-state index in [2.05, 4.69) is 4.90 Å². The summed E-state index contributed by atoms with van der Waals surface area (Å²) in [7, 11) is 0. The molecular weight excluding hydrogens is 244 g/mol. The number of hydrogen-bond acceptors (Lipinski definition) is 4. The summed E-state index contributed by atoms with van der Waals surface area (Å²) in [5.74, 6) is 0. The van der Waals surface area contributed by atoms with Crippen molar-refractivity contribution in [3.8, 4) is 0 Å². The average Bonchev–Trinajstić information content (AvgIpc) is 2.47. The Kier molecular flexibility index (Phi) is 4.63. The minimum atomic E-state index is -0.238. The highest BCUT2D eigenvalue weighted by atomic mass is 16.6. The monoisotopic (exact) mass is 264 g/mol. The van der Waals surface area contributed by atoms with Gasteiger partial charge in [0.2, 0.25) is 0 Å². The van der Waals surface area contributed by atoms with Gasteiger partial charge in [0, 0.05) is 37.4 Å². The smallest absolute Gasteiger partial charge is 0.409 e. The van der Waals surface area contributed by atoms with Crippen LogP contribution in [0.2, 0.25) is 0 Å². The van der Waals surface area contributed by atoms with Crippen LogP contribution in [-0.2, 0) is 11.3 Å². The van der Waals surface area contributed by atoms with Crippen molar-refractivity contribution in [2.24, 2.45) is 0 Å². The van der Waals surface area contributed by atoms with Crippen LogP contribution in [0, 0.1) is 0 Å². The largest absolute Gasteiger partial charge is 0.450 e. The number of carbonyl (C=O) groups is 1. The Morgan fingerprint density at radius 3 is 2.58 bits per heavy atom. The first-order chi connectivity index (χ1) is 9.26. The maximum Gasteiger partial charge on any atom is 0.409 e. The first-order valence-electron chi connectivity index (χ1n) is 6.61. The molecule has 2 rings (SSSR count). The number of ether oxygens (including phenoxy) is 1. The van der Waals surface area contributed by atoms with Gasteiger partial charge in [0.15, 0.2) is 0 Å². The molecule has 1 fully saturated rings. The van der Waals surface area contributed by atoms with Gasteiger partial charge >= 0.3 is 6.09 Å². The number of nitrogens with zero attached hydrogens (tertiary/aromatic N) is 2. The third-order valence-electron chi connectivity index (χ3n) is 3.31. The van der Waals surface area contributed by atoms with Crippen LogP contribution in [0.1, 0.15) is 12.5 Å². The molecule has 5 heteroatoms. The lowest BCUT2D eigenvalue weighted by Gasteiger charge is -2.36. The zero-order valence-corrected chi connectivity index (χ0v) is 11.2. The van der Waals surface area contributed by atoms with Gasteiger partial charge in [-0.05, 0) is 13.0 Å². The topological polar surface area (TPSA) is 53.0 Å². The molecule has 0 bridgehead atoms. The number of rotatable bonds is 3. The lowest BCUT2D eigenvalue weighted by Crippen LogP contribution is -2.49. The second kappa shape index (κ2) is 6.43. The Balaban J connectivity index is 1.98. The summed E-state index contributed by atoms with van der Waals surface area (Å²) >= 11 is 0. The molecule has 1 aromatic carbocycles. The van der Waals surface area contributed by atoms with E-state index < -0.39 is 0 Å². The van der Waals surface area contributed by atoms with E-state index in [1.807, 2.05) is 31.2 Å². The highest BCUT2D eigenvalue weighted by Crippen LogP contribution is 2.21. The highest BCUT2D eigenvalue weighted by Gasteiger charge is 2.22. The molecule has 0 spiro atoms. The van der Waals surface area contributed by atoms with Crippen LogP contribution in [0.4, 0.5) is 10.5 Å². The van der Waals surface area contributed by atoms with E-state index in [1.54, 1.807) is 4.90 Å². The first kappa shape index (κ1) is 13.7. The van der Waals surface area contributed by atoms with E-state index in [0.717, 1.165) is 24.3 Å². The Hall–Kier alpha value is -1.75. The van der Waals surface area contributed by atoms with Crippen molar-refractivity contribution in [3.63, 3.8) is 0 Å². The number of anilines is 1. The highest BCUT2D eigenvalue weighted by molar-refractivity contribution is 5.68. The van der Waals surface area contributed by atoms with Gasteiger partial charge in [-0.1, -0.05) is 18.2 Å². The number of para-hydroxylation sites is 1. The van der Waals surface area contributed by atoms with E-state index in [4.69, 9.17) is 4.74 Å². The minimum absolute atomic E-state index is 0.0360. The molecule has 0 aromatic heterocycles. The number of aliphatic hydroxyl groups excluding tert-OH is 1. The normalized spacial score (nSPS) is 15.5. The molecule has 5 nitrogen and oxygen atoms in total. The third-order valence-corrected chi connectivity index (χ3v) is 3.31. The Labute approximate surface area is 113 Å². The number of hydrogen-bond donors (Lipinski definition) is 1. The van der Waals surface area contributed by atoms with E-state index in [0.29, 0.717) is 19.7 Å². The quantitative estimate of drug-likeness (QED) is 0.898. The lowest BCUT2D eigenvalue weighted by molar-refractivity contribution is 0.105. The molecule has 0 atom stereocenters. The summed E-state index contributed by atoms with van der Waals surface area (Å²) in [5, 5.41) is 9.35. The fourth-order valence-electron chi connectivity index (χ4n) is 2.30. The van der Waals surface area contributed by atoms with Gasteiger partial charge in [0.25, 0.3) is 0 Å². The van der Waals surface area contributed by atoms with Crippen molar-refractivity contribution in [2.45, 2.75) is 13.5 Å². The van der Waals surface area contributed by atoms with Crippen molar-refractivity contribution in [1.82, 2.24) is 4.90 Å². The molecule has 1 N–H and O–H groups in total. The summed E-state index contributed by atoms with van der Waals surface area (Å²) in [6, 6.07) is 7.81. The fraction of sp³-hybridized carbons (Fsp3) is 0.500. The number of piperazine rings is 1. The summed E-state index contributed by atoms with van der Waals surface area (Å²) in [5.41, 5.74) is 1.97. The average molecular weight is 264 g/mol. The Morgan fingerprint density at radius 2 is 1.95 bits per heavy atom. The van der Waals surface area contributed by atoms with Crippen molar-refractivity contribution in [3.05, 3.63) is 29.8 Å². The molecule has 1 amide bonds. The van der Waals surface area contributed by atoms with E-state index in [9.17, 15) is 9.90 Å². The summed E-state index contributed by atoms with van der Waals surface area (Å²) in [6.07, 6.45) is -0.238. The van der Waals surface area contributed by atoms with E-state index in [1.165, 1.54) is 0 Å².